The maximum absolute atomic E-state index is 12.6. The summed E-state index contributed by atoms with van der Waals surface area (Å²) in [5.41, 5.74) is 1.07. The molecule has 0 bridgehead atoms. The first-order valence-electron chi connectivity index (χ1n) is 8.31. The van der Waals surface area contributed by atoms with Gasteiger partial charge < -0.3 is 14.4 Å². The van der Waals surface area contributed by atoms with E-state index < -0.39 is 15.5 Å². The molecule has 26 heavy (non-hydrogen) atoms. The first-order chi connectivity index (χ1) is 12.1. The van der Waals surface area contributed by atoms with Crippen molar-refractivity contribution >= 4 is 26.7 Å². The van der Waals surface area contributed by atoms with E-state index in [0.717, 1.165) is 5.56 Å². The Morgan fingerprint density at radius 3 is 2.65 bits per heavy atom. The molecule has 8 heteroatoms. The van der Waals surface area contributed by atoms with Crippen molar-refractivity contribution in [1.82, 2.24) is 4.90 Å². The third-order valence-electron chi connectivity index (χ3n) is 4.98. The van der Waals surface area contributed by atoms with E-state index in [0.29, 0.717) is 17.4 Å². The van der Waals surface area contributed by atoms with Crippen LogP contribution in [0.15, 0.2) is 21.3 Å². The predicted molar refractivity (Wildman–Crippen MR) is 97.2 cm³/mol. The second kappa shape index (κ2) is 6.42. The highest BCUT2D eigenvalue weighted by Crippen LogP contribution is 2.30. The number of amides is 1. The molecule has 1 aromatic heterocycles. The molecule has 2 heterocycles. The minimum absolute atomic E-state index is 0.00908. The number of hydrogen-bond donors (Lipinski definition) is 1. The topological polar surface area (TPSA) is 105 Å². The standard InChI is InChI=1S/C18H21NO6S/c1-10-6-14(20)17-11(2)13(18(22)25-15(17)7-10)8-16(21)19(3)12-4-5-26(23,24)9-12/h6-7,12,20H,4-5,8-9H2,1-3H3/t12-/m1/s1. The van der Waals surface area contributed by atoms with E-state index in [9.17, 15) is 23.1 Å². The Balaban J connectivity index is 1.94. The molecule has 0 unspecified atom stereocenters. The van der Waals surface area contributed by atoms with Crippen LogP contribution in [0, 0.1) is 13.8 Å². The van der Waals surface area contributed by atoms with Gasteiger partial charge >= 0.3 is 5.63 Å². The van der Waals surface area contributed by atoms with Crippen molar-refractivity contribution in [3.8, 4) is 5.75 Å². The number of hydrogen-bond acceptors (Lipinski definition) is 6. The third kappa shape index (κ3) is 3.33. The number of fused-ring (bicyclic) bond motifs is 1. The van der Waals surface area contributed by atoms with Gasteiger partial charge in [-0.05, 0) is 43.5 Å². The summed E-state index contributed by atoms with van der Waals surface area (Å²) in [6.45, 7) is 3.44. The monoisotopic (exact) mass is 379 g/mol. The number of sulfone groups is 1. The van der Waals surface area contributed by atoms with Crippen LogP contribution < -0.4 is 5.63 Å². The van der Waals surface area contributed by atoms with Crippen LogP contribution in [0.2, 0.25) is 0 Å². The van der Waals surface area contributed by atoms with Crippen molar-refractivity contribution in [2.45, 2.75) is 32.7 Å². The summed E-state index contributed by atoms with van der Waals surface area (Å²) in [6.07, 6.45) is 0.195. The summed E-state index contributed by atoms with van der Waals surface area (Å²) < 4.78 is 28.5. The van der Waals surface area contributed by atoms with Gasteiger partial charge in [-0.2, -0.15) is 0 Å². The maximum Gasteiger partial charge on any atom is 0.340 e. The number of carbonyl (C=O) groups excluding carboxylic acids is 1. The second-order valence-corrected chi connectivity index (χ2v) is 9.12. The van der Waals surface area contributed by atoms with Crippen molar-refractivity contribution in [2.24, 2.45) is 0 Å². The zero-order chi connectivity index (χ0) is 19.2. The zero-order valence-electron chi connectivity index (χ0n) is 14.9. The minimum atomic E-state index is -3.11. The van der Waals surface area contributed by atoms with Gasteiger partial charge in [0.05, 0.1) is 28.9 Å². The fraction of sp³-hybridized carbons (Fsp3) is 0.444. The second-order valence-electron chi connectivity index (χ2n) is 6.89. The number of carbonyl (C=O) groups is 1. The Kier molecular flexibility index (Phi) is 4.56. The van der Waals surface area contributed by atoms with Gasteiger partial charge in [-0.25, -0.2) is 13.2 Å². The lowest BCUT2D eigenvalue weighted by atomic mass is 10.0. The first kappa shape index (κ1) is 18.4. The van der Waals surface area contributed by atoms with Crippen LogP contribution in [0.1, 0.15) is 23.1 Å². The van der Waals surface area contributed by atoms with E-state index in [1.807, 2.05) is 0 Å². The van der Waals surface area contributed by atoms with Crippen molar-refractivity contribution in [1.29, 1.82) is 0 Å². The minimum Gasteiger partial charge on any atom is -0.507 e. The number of nitrogens with zero attached hydrogens (tertiary/aromatic N) is 1. The Morgan fingerprint density at radius 2 is 2.04 bits per heavy atom. The van der Waals surface area contributed by atoms with Crippen molar-refractivity contribution in [2.75, 3.05) is 18.6 Å². The molecule has 7 nitrogen and oxygen atoms in total. The van der Waals surface area contributed by atoms with Crippen LogP contribution in [0.4, 0.5) is 0 Å². The number of benzene rings is 1. The quantitative estimate of drug-likeness (QED) is 0.806. The molecule has 1 atom stereocenters. The predicted octanol–water partition coefficient (Wildman–Crippen LogP) is 1.30. The number of rotatable bonds is 3. The highest BCUT2D eigenvalue weighted by molar-refractivity contribution is 7.91. The zero-order valence-corrected chi connectivity index (χ0v) is 15.7. The van der Waals surface area contributed by atoms with Gasteiger partial charge in [0, 0.05) is 13.1 Å². The van der Waals surface area contributed by atoms with Crippen LogP contribution in [-0.2, 0) is 21.1 Å². The molecule has 2 aromatic rings. The van der Waals surface area contributed by atoms with Gasteiger partial charge in [-0.3, -0.25) is 4.79 Å². The van der Waals surface area contributed by atoms with Gasteiger partial charge in [-0.15, -0.1) is 0 Å². The molecule has 0 spiro atoms. The lowest BCUT2D eigenvalue weighted by Crippen LogP contribution is -2.39. The van der Waals surface area contributed by atoms with Gasteiger partial charge in [0.15, 0.2) is 9.84 Å². The summed E-state index contributed by atoms with van der Waals surface area (Å²) in [7, 11) is -1.56. The van der Waals surface area contributed by atoms with E-state index in [1.54, 1.807) is 33.0 Å². The first-order valence-corrected chi connectivity index (χ1v) is 10.1. The van der Waals surface area contributed by atoms with E-state index in [-0.39, 0.29) is 46.8 Å². The lowest BCUT2D eigenvalue weighted by Gasteiger charge is -2.23. The molecule has 1 saturated heterocycles. The Labute approximate surface area is 151 Å². The Hall–Kier alpha value is -2.35. The summed E-state index contributed by atoms with van der Waals surface area (Å²) in [6, 6.07) is 2.84. The third-order valence-corrected chi connectivity index (χ3v) is 6.73. The van der Waals surface area contributed by atoms with E-state index in [4.69, 9.17) is 4.42 Å². The molecule has 1 aliphatic heterocycles. The molecule has 0 aliphatic carbocycles. The van der Waals surface area contributed by atoms with Crippen LogP contribution >= 0.6 is 0 Å². The normalized spacial score (nSPS) is 19.0. The molecular formula is C18H21NO6S. The molecule has 1 N–H and O–H groups in total. The van der Waals surface area contributed by atoms with E-state index in [2.05, 4.69) is 0 Å². The molecule has 1 fully saturated rings. The van der Waals surface area contributed by atoms with Gasteiger partial charge in [-0.1, -0.05) is 0 Å². The average molecular weight is 379 g/mol. The summed E-state index contributed by atoms with van der Waals surface area (Å²) in [4.78, 5) is 26.3. The highest BCUT2D eigenvalue weighted by Gasteiger charge is 2.33. The number of aromatic hydroxyl groups is 1. The Bertz CT molecular complexity index is 1050. The van der Waals surface area contributed by atoms with Gasteiger partial charge in [0.2, 0.25) is 5.91 Å². The molecule has 1 amide bonds. The van der Waals surface area contributed by atoms with Crippen molar-refractivity contribution in [3.05, 3.63) is 39.2 Å². The van der Waals surface area contributed by atoms with Crippen LogP contribution in [0.25, 0.3) is 11.0 Å². The maximum atomic E-state index is 12.6. The van der Waals surface area contributed by atoms with Gasteiger partial charge in [0.25, 0.3) is 0 Å². The van der Waals surface area contributed by atoms with Crippen LogP contribution in [0.3, 0.4) is 0 Å². The summed E-state index contributed by atoms with van der Waals surface area (Å²) in [5.74, 6) is -0.348. The fourth-order valence-electron chi connectivity index (χ4n) is 3.42. The fourth-order valence-corrected chi connectivity index (χ4v) is 5.20. The van der Waals surface area contributed by atoms with Crippen LogP contribution in [0.5, 0.6) is 5.75 Å². The molecule has 3 rings (SSSR count). The van der Waals surface area contributed by atoms with Crippen LogP contribution in [-0.4, -0.2) is 48.9 Å². The SMILES string of the molecule is Cc1cc(O)c2c(C)c(CC(=O)N(C)[C@@H]3CCS(=O)(=O)C3)c(=O)oc2c1. The largest absolute Gasteiger partial charge is 0.507 e. The molecular weight excluding hydrogens is 358 g/mol. The van der Waals surface area contributed by atoms with Gasteiger partial charge in [0.1, 0.15) is 11.3 Å². The number of aryl methyl sites for hydroxylation is 2. The number of phenols is 1. The number of phenolic OH excluding ortho intramolecular Hbond substituents is 1. The molecule has 1 aromatic carbocycles. The van der Waals surface area contributed by atoms with E-state index in [1.165, 1.54) is 4.90 Å². The molecule has 0 saturated carbocycles. The molecule has 0 radical (unpaired) electrons. The molecule has 140 valence electrons. The van der Waals surface area contributed by atoms with E-state index >= 15 is 0 Å². The smallest absolute Gasteiger partial charge is 0.340 e. The number of likely N-dealkylation sites (N-methyl/N-ethyl adjacent to an activating group) is 1. The average Bonchev–Trinajstić information content (AvgIpc) is 2.89. The van der Waals surface area contributed by atoms with Crippen molar-refractivity contribution < 1.29 is 22.7 Å². The summed E-state index contributed by atoms with van der Waals surface area (Å²) >= 11 is 0. The molecule has 1 aliphatic rings. The lowest BCUT2D eigenvalue weighted by molar-refractivity contribution is -0.130. The Morgan fingerprint density at radius 1 is 1.35 bits per heavy atom. The summed E-state index contributed by atoms with van der Waals surface area (Å²) in [5, 5.41) is 10.6. The highest BCUT2D eigenvalue weighted by atomic mass is 32.2. The van der Waals surface area contributed by atoms with Crippen molar-refractivity contribution in [3.63, 3.8) is 0 Å².